The van der Waals surface area contributed by atoms with E-state index in [2.05, 4.69) is 5.32 Å². The Labute approximate surface area is 134 Å². The monoisotopic (exact) mass is 315 g/mol. The molecule has 1 N–H and O–H groups in total. The lowest BCUT2D eigenvalue weighted by molar-refractivity contribution is -0.123. The first-order valence-electron chi connectivity index (χ1n) is 7.21. The van der Waals surface area contributed by atoms with Gasteiger partial charge >= 0.3 is 5.97 Å². The molecule has 0 heterocycles. The Morgan fingerprint density at radius 3 is 2.30 bits per heavy atom. The van der Waals surface area contributed by atoms with Gasteiger partial charge in [0.1, 0.15) is 5.82 Å². The van der Waals surface area contributed by atoms with Crippen molar-refractivity contribution in [3.63, 3.8) is 0 Å². The summed E-state index contributed by atoms with van der Waals surface area (Å²) in [6.07, 6.45) is -0.964. The molecule has 1 atom stereocenters. The van der Waals surface area contributed by atoms with E-state index in [1.807, 2.05) is 19.9 Å². The van der Waals surface area contributed by atoms with Crippen molar-refractivity contribution in [1.82, 2.24) is 0 Å². The molecule has 2 aromatic rings. The summed E-state index contributed by atoms with van der Waals surface area (Å²) in [5.74, 6) is -1.43. The van der Waals surface area contributed by atoms with Crippen molar-refractivity contribution < 1.29 is 18.7 Å². The van der Waals surface area contributed by atoms with Crippen LogP contribution in [0.4, 0.5) is 10.1 Å². The van der Waals surface area contributed by atoms with Gasteiger partial charge in [0.25, 0.3) is 5.91 Å². The maximum Gasteiger partial charge on any atom is 0.338 e. The van der Waals surface area contributed by atoms with Gasteiger partial charge in [0.05, 0.1) is 5.56 Å². The summed E-state index contributed by atoms with van der Waals surface area (Å²) in [5, 5.41) is 2.56. The highest BCUT2D eigenvalue weighted by atomic mass is 19.1. The van der Waals surface area contributed by atoms with Crippen molar-refractivity contribution in [3.8, 4) is 0 Å². The quantitative estimate of drug-likeness (QED) is 0.877. The third-order valence-corrected chi connectivity index (χ3v) is 3.51. The molecule has 1 amide bonds. The molecule has 120 valence electrons. The molecule has 0 aliphatic carbocycles. The molecule has 5 heteroatoms. The van der Waals surface area contributed by atoms with Gasteiger partial charge in [-0.3, -0.25) is 4.79 Å². The van der Waals surface area contributed by atoms with Crippen LogP contribution in [0.5, 0.6) is 0 Å². The van der Waals surface area contributed by atoms with Crippen molar-refractivity contribution in [1.29, 1.82) is 0 Å². The lowest BCUT2D eigenvalue weighted by Crippen LogP contribution is -2.30. The normalized spacial score (nSPS) is 11.7. The first-order chi connectivity index (χ1) is 10.9. The summed E-state index contributed by atoms with van der Waals surface area (Å²) in [6, 6.07) is 10.6. The summed E-state index contributed by atoms with van der Waals surface area (Å²) in [4.78, 5) is 24.1. The van der Waals surface area contributed by atoms with Gasteiger partial charge in [0.2, 0.25) is 0 Å². The molecule has 0 aromatic heterocycles. The number of amides is 1. The molecule has 0 unspecified atom stereocenters. The van der Waals surface area contributed by atoms with Crippen LogP contribution in [-0.2, 0) is 9.53 Å². The minimum Gasteiger partial charge on any atom is -0.449 e. The fourth-order valence-electron chi connectivity index (χ4n) is 1.93. The van der Waals surface area contributed by atoms with Gasteiger partial charge in [-0.15, -0.1) is 0 Å². The van der Waals surface area contributed by atoms with Gasteiger partial charge < -0.3 is 10.1 Å². The second-order valence-electron chi connectivity index (χ2n) is 5.34. The van der Waals surface area contributed by atoms with Crippen LogP contribution in [0, 0.1) is 19.7 Å². The Hall–Kier alpha value is -2.69. The van der Waals surface area contributed by atoms with E-state index in [-0.39, 0.29) is 0 Å². The van der Waals surface area contributed by atoms with Gasteiger partial charge in [-0.2, -0.15) is 0 Å². The van der Waals surface area contributed by atoms with Crippen LogP contribution in [0.1, 0.15) is 28.4 Å². The number of halogens is 1. The molecule has 2 aromatic carbocycles. The van der Waals surface area contributed by atoms with E-state index in [1.54, 1.807) is 12.1 Å². The zero-order chi connectivity index (χ0) is 17.0. The van der Waals surface area contributed by atoms with Gasteiger partial charge in [-0.05, 0) is 68.3 Å². The lowest BCUT2D eigenvalue weighted by Gasteiger charge is -2.14. The standard InChI is InChI=1S/C18H18FNO3/c1-11-4-5-14(10-12(11)2)18(22)23-13(3)17(21)20-16-8-6-15(19)7-9-16/h4-10,13H,1-3H3,(H,20,21)/t13-/m0/s1. The number of ether oxygens (including phenoxy) is 1. The predicted octanol–water partition coefficient (Wildman–Crippen LogP) is 3.63. The molecular weight excluding hydrogens is 297 g/mol. The van der Waals surface area contributed by atoms with E-state index >= 15 is 0 Å². The van der Waals surface area contributed by atoms with Gasteiger partial charge in [0, 0.05) is 5.69 Å². The topological polar surface area (TPSA) is 55.4 Å². The fourth-order valence-corrected chi connectivity index (χ4v) is 1.93. The summed E-state index contributed by atoms with van der Waals surface area (Å²) in [5.41, 5.74) is 2.88. The molecule has 0 aliphatic rings. The second kappa shape index (κ2) is 7.05. The average molecular weight is 315 g/mol. The minimum atomic E-state index is -0.964. The number of anilines is 1. The van der Waals surface area contributed by atoms with Crippen LogP contribution >= 0.6 is 0 Å². The fraction of sp³-hybridized carbons (Fsp3) is 0.222. The average Bonchev–Trinajstić information content (AvgIpc) is 2.52. The molecule has 2 rings (SSSR count). The van der Waals surface area contributed by atoms with Crippen LogP contribution in [0.2, 0.25) is 0 Å². The number of hydrogen-bond donors (Lipinski definition) is 1. The van der Waals surface area contributed by atoms with E-state index in [1.165, 1.54) is 31.2 Å². The maximum absolute atomic E-state index is 12.8. The molecule has 0 spiro atoms. The molecule has 0 saturated carbocycles. The highest BCUT2D eigenvalue weighted by molar-refractivity contribution is 5.97. The van der Waals surface area contributed by atoms with Gasteiger partial charge in [-0.25, -0.2) is 9.18 Å². The van der Waals surface area contributed by atoms with E-state index in [0.29, 0.717) is 11.3 Å². The molecule has 23 heavy (non-hydrogen) atoms. The largest absolute Gasteiger partial charge is 0.449 e. The van der Waals surface area contributed by atoms with Crippen molar-refractivity contribution in [3.05, 3.63) is 65.0 Å². The van der Waals surface area contributed by atoms with Crippen LogP contribution in [0.3, 0.4) is 0 Å². The Bertz CT molecular complexity index is 726. The first-order valence-corrected chi connectivity index (χ1v) is 7.21. The van der Waals surface area contributed by atoms with E-state index in [4.69, 9.17) is 4.74 Å². The molecule has 0 bridgehead atoms. The van der Waals surface area contributed by atoms with Gasteiger partial charge in [0.15, 0.2) is 6.10 Å². The number of carbonyl (C=O) groups is 2. The number of hydrogen-bond acceptors (Lipinski definition) is 3. The summed E-state index contributed by atoms with van der Waals surface area (Å²) in [7, 11) is 0. The van der Waals surface area contributed by atoms with E-state index in [0.717, 1.165) is 11.1 Å². The highest BCUT2D eigenvalue weighted by Crippen LogP contribution is 2.13. The zero-order valence-electron chi connectivity index (χ0n) is 13.2. The number of aryl methyl sites for hydroxylation is 2. The third-order valence-electron chi connectivity index (χ3n) is 3.51. The van der Waals surface area contributed by atoms with Crippen LogP contribution in [0.25, 0.3) is 0 Å². The number of esters is 1. The lowest BCUT2D eigenvalue weighted by atomic mass is 10.1. The second-order valence-corrected chi connectivity index (χ2v) is 5.34. The Morgan fingerprint density at radius 2 is 1.70 bits per heavy atom. The van der Waals surface area contributed by atoms with Crippen molar-refractivity contribution in [2.75, 3.05) is 5.32 Å². The zero-order valence-corrected chi connectivity index (χ0v) is 13.2. The van der Waals surface area contributed by atoms with Crippen LogP contribution < -0.4 is 5.32 Å². The Morgan fingerprint density at radius 1 is 1.04 bits per heavy atom. The third kappa shape index (κ3) is 4.39. The number of rotatable bonds is 4. The predicted molar refractivity (Wildman–Crippen MR) is 85.8 cm³/mol. The summed E-state index contributed by atoms with van der Waals surface area (Å²) >= 11 is 0. The highest BCUT2D eigenvalue weighted by Gasteiger charge is 2.19. The number of carbonyl (C=O) groups excluding carboxylic acids is 2. The molecule has 0 saturated heterocycles. The molecular formula is C18H18FNO3. The number of benzene rings is 2. The molecule has 0 radical (unpaired) electrons. The van der Waals surface area contributed by atoms with Gasteiger partial charge in [-0.1, -0.05) is 6.07 Å². The molecule has 0 fully saturated rings. The van der Waals surface area contributed by atoms with Crippen molar-refractivity contribution in [2.45, 2.75) is 26.9 Å². The van der Waals surface area contributed by atoms with Crippen molar-refractivity contribution >= 4 is 17.6 Å². The van der Waals surface area contributed by atoms with Crippen LogP contribution in [0.15, 0.2) is 42.5 Å². The van der Waals surface area contributed by atoms with Crippen molar-refractivity contribution in [2.24, 2.45) is 0 Å². The SMILES string of the molecule is Cc1ccc(C(=O)O[C@@H](C)C(=O)Nc2ccc(F)cc2)cc1C. The minimum absolute atomic E-state index is 0.391. The maximum atomic E-state index is 12.8. The number of nitrogens with one attached hydrogen (secondary N) is 1. The summed E-state index contributed by atoms with van der Waals surface area (Å²) in [6.45, 7) is 5.33. The molecule has 0 aliphatic heterocycles. The smallest absolute Gasteiger partial charge is 0.338 e. The van der Waals surface area contributed by atoms with E-state index in [9.17, 15) is 14.0 Å². The van der Waals surface area contributed by atoms with Crippen LogP contribution in [-0.4, -0.2) is 18.0 Å². The Balaban J connectivity index is 1.98. The first kappa shape index (κ1) is 16.7. The molecule has 4 nitrogen and oxygen atoms in total. The summed E-state index contributed by atoms with van der Waals surface area (Å²) < 4.78 is 18.0. The Kier molecular flexibility index (Phi) is 5.11. The van der Waals surface area contributed by atoms with E-state index < -0.39 is 23.8 Å².